The van der Waals surface area contributed by atoms with Crippen molar-refractivity contribution in [2.45, 2.75) is 44.4 Å². The number of alkyl halides is 2. The van der Waals surface area contributed by atoms with E-state index in [9.17, 15) is 8.78 Å². The molecule has 1 aromatic carbocycles. The van der Waals surface area contributed by atoms with E-state index >= 15 is 0 Å². The van der Waals surface area contributed by atoms with Crippen molar-refractivity contribution in [2.75, 3.05) is 6.54 Å². The highest BCUT2D eigenvalue weighted by molar-refractivity contribution is 5.35. The normalized spacial score (nSPS) is 18.1. The number of nitrogens with two attached hydrogens (primary N) is 1. The highest BCUT2D eigenvalue weighted by Gasteiger charge is 2.43. The lowest BCUT2D eigenvalue weighted by atomic mass is 9.92. The van der Waals surface area contributed by atoms with Crippen molar-refractivity contribution in [3.8, 4) is 0 Å². The molecule has 1 saturated carbocycles. The minimum absolute atomic E-state index is 0.0153. The molecule has 0 heterocycles. The van der Waals surface area contributed by atoms with Crippen LogP contribution in [0.15, 0.2) is 24.3 Å². The topological polar surface area (TPSA) is 26.0 Å². The van der Waals surface area contributed by atoms with Crippen molar-refractivity contribution in [2.24, 2.45) is 11.7 Å². The van der Waals surface area contributed by atoms with E-state index in [0.29, 0.717) is 6.54 Å². The summed E-state index contributed by atoms with van der Waals surface area (Å²) in [7, 11) is 0. The second kappa shape index (κ2) is 4.61. The van der Waals surface area contributed by atoms with Gasteiger partial charge in [0.15, 0.2) is 0 Å². The molecule has 0 bridgehead atoms. The molecule has 1 aliphatic rings. The summed E-state index contributed by atoms with van der Waals surface area (Å²) in [4.78, 5) is 0. The molecule has 0 saturated heterocycles. The third-order valence-electron chi connectivity index (χ3n) is 3.83. The van der Waals surface area contributed by atoms with Crippen molar-refractivity contribution in [1.82, 2.24) is 0 Å². The van der Waals surface area contributed by atoms with E-state index in [1.54, 1.807) is 12.1 Å². The summed E-state index contributed by atoms with van der Waals surface area (Å²) in [6.07, 6.45) is 2.05. The fourth-order valence-electron chi connectivity index (χ4n) is 2.46. The molecule has 0 unspecified atom stereocenters. The van der Waals surface area contributed by atoms with Gasteiger partial charge >= 0.3 is 0 Å². The molecule has 1 nitrogen and oxygen atoms in total. The Hall–Kier alpha value is -0.960. The molecular formula is C15H21F2N. The average Bonchev–Trinajstić information content (AvgIpc) is 3.08. The van der Waals surface area contributed by atoms with Crippen molar-refractivity contribution < 1.29 is 8.78 Å². The number of rotatable bonds is 5. The van der Waals surface area contributed by atoms with Crippen LogP contribution in [0, 0.1) is 5.92 Å². The molecule has 2 N–H and O–H groups in total. The van der Waals surface area contributed by atoms with Crippen LogP contribution in [0.4, 0.5) is 8.78 Å². The first-order chi connectivity index (χ1) is 8.39. The molecule has 2 rings (SSSR count). The standard InChI is InChI=1S/C15H21F2N/c1-11(2)9-15(16,17)13-5-3-12(4-6-13)14(10-18)7-8-14/h3-6,11H,7-10,18H2,1-2H3. The summed E-state index contributed by atoms with van der Waals surface area (Å²) in [5, 5.41) is 0. The molecule has 0 spiro atoms. The van der Waals surface area contributed by atoms with Crippen LogP contribution >= 0.6 is 0 Å². The molecule has 0 aliphatic heterocycles. The van der Waals surface area contributed by atoms with Gasteiger partial charge in [-0.05, 0) is 24.3 Å². The van der Waals surface area contributed by atoms with E-state index in [0.717, 1.165) is 18.4 Å². The Morgan fingerprint density at radius 3 is 2.17 bits per heavy atom. The van der Waals surface area contributed by atoms with E-state index in [-0.39, 0.29) is 23.3 Å². The summed E-state index contributed by atoms with van der Waals surface area (Å²) in [6, 6.07) is 6.77. The third kappa shape index (κ3) is 2.56. The van der Waals surface area contributed by atoms with Gasteiger partial charge in [0.1, 0.15) is 0 Å². The Labute approximate surface area is 107 Å². The molecular weight excluding hydrogens is 232 g/mol. The summed E-state index contributed by atoms with van der Waals surface area (Å²) < 4.78 is 27.8. The Kier molecular flexibility index (Phi) is 3.45. The lowest BCUT2D eigenvalue weighted by Crippen LogP contribution is -2.20. The molecule has 0 aromatic heterocycles. The molecule has 1 aromatic rings. The third-order valence-corrected chi connectivity index (χ3v) is 3.83. The monoisotopic (exact) mass is 253 g/mol. The van der Waals surface area contributed by atoms with Gasteiger partial charge in [-0.25, -0.2) is 8.78 Å². The quantitative estimate of drug-likeness (QED) is 0.848. The van der Waals surface area contributed by atoms with Crippen molar-refractivity contribution in [3.63, 3.8) is 0 Å². The maximum atomic E-state index is 13.9. The molecule has 1 fully saturated rings. The molecule has 1 aliphatic carbocycles. The minimum atomic E-state index is -2.73. The SMILES string of the molecule is CC(C)CC(F)(F)c1ccc(C2(CN)CC2)cc1. The zero-order valence-electron chi connectivity index (χ0n) is 11.0. The zero-order valence-corrected chi connectivity index (χ0v) is 11.0. The number of benzene rings is 1. The van der Waals surface area contributed by atoms with Gasteiger partial charge in [-0.3, -0.25) is 0 Å². The minimum Gasteiger partial charge on any atom is -0.330 e. The number of halogens is 2. The van der Waals surface area contributed by atoms with E-state index in [2.05, 4.69) is 0 Å². The van der Waals surface area contributed by atoms with E-state index in [1.807, 2.05) is 26.0 Å². The molecule has 3 heteroatoms. The predicted octanol–water partition coefficient (Wildman–Crippen LogP) is 3.81. The molecule has 0 radical (unpaired) electrons. The van der Waals surface area contributed by atoms with Gasteiger partial charge in [0.05, 0.1) is 0 Å². The van der Waals surface area contributed by atoms with E-state index < -0.39 is 5.92 Å². The Balaban J connectivity index is 2.17. The first kappa shape index (κ1) is 13.5. The average molecular weight is 253 g/mol. The summed E-state index contributed by atoms with van der Waals surface area (Å²) in [5.74, 6) is -2.75. The van der Waals surface area contributed by atoms with Crippen LogP contribution in [0.1, 0.15) is 44.2 Å². The van der Waals surface area contributed by atoms with Crippen LogP contribution in [0.5, 0.6) is 0 Å². The Morgan fingerprint density at radius 1 is 1.22 bits per heavy atom. The van der Waals surface area contributed by atoms with Crippen LogP contribution in [-0.2, 0) is 11.3 Å². The van der Waals surface area contributed by atoms with Gasteiger partial charge in [-0.15, -0.1) is 0 Å². The lowest BCUT2D eigenvalue weighted by Gasteiger charge is -2.20. The van der Waals surface area contributed by atoms with Crippen molar-refractivity contribution in [1.29, 1.82) is 0 Å². The first-order valence-electron chi connectivity index (χ1n) is 6.58. The largest absolute Gasteiger partial charge is 0.330 e. The van der Waals surface area contributed by atoms with Gasteiger partial charge in [0.25, 0.3) is 5.92 Å². The Morgan fingerprint density at radius 2 is 1.78 bits per heavy atom. The van der Waals surface area contributed by atoms with E-state index in [4.69, 9.17) is 5.73 Å². The predicted molar refractivity (Wildman–Crippen MR) is 69.8 cm³/mol. The zero-order chi connectivity index (χ0) is 13.4. The van der Waals surface area contributed by atoms with Crippen molar-refractivity contribution in [3.05, 3.63) is 35.4 Å². The second-order valence-corrected chi connectivity index (χ2v) is 5.86. The summed E-state index contributed by atoms with van der Waals surface area (Å²) in [6.45, 7) is 4.24. The fourth-order valence-corrected chi connectivity index (χ4v) is 2.46. The maximum Gasteiger partial charge on any atom is 0.273 e. The van der Waals surface area contributed by atoms with Gasteiger partial charge in [0.2, 0.25) is 0 Å². The van der Waals surface area contributed by atoms with Crippen LogP contribution in [0.2, 0.25) is 0 Å². The van der Waals surface area contributed by atoms with Crippen LogP contribution < -0.4 is 5.73 Å². The first-order valence-corrected chi connectivity index (χ1v) is 6.58. The molecule has 100 valence electrons. The van der Waals surface area contributed by atoms with Gasteiger partial charge in [0, 0.05) is 23.9 Å². The van der Waals surface area contributed by atoms with Crippen LogP contribution in [0.25, 0.3) is 0 Å². The summed E-state index contributed by atoms with van der Waals surface area (Å²) >= 11 is 0. The molecule has 0 atom stereocenters. The Bertz CT molecular complexity index is 405. The van der Waals surface area contributed by atoms with Gasteiger partial charge < -0.3 is 5.73 Å². The smallest absolute Gasteiger partial charge is 0.273 e. The van der Waals surface area contributed by atoms with Crippen LogP contribution in [-0.4, -0.2) is 6.54 Å². The summed E-state index contributed by atoms with van der Waals surface area (Å²) in [5.41, 5.74) is 7.04. The number of hydrogen-bond acceptors (Lipinski definition) is 1. The molecule has 18 heavy (non-hydrogen) atoms. The maximum absolute atomic E-state index is 13.9. The highest BCUT2D eigenvalue weighted by Crippen LogP contribution is 2.47. The number of hydrogen-bond donors (Lipinski definition) is 1. The molecule has 0 amide bonds. The lowest BCUT2D eigenvalue weighted by molar-refractivity contribution is -0.0249. The van der Waals surface area contributed by atoms with Crippen molar-refractivity contribution >= 4 is 0 Å². The van der Waals surface area contributed by atoms with Gasteiger partial charge in [-0.1, -0.05) is 38.1 Å². The highest BCUT2D eigenvalue weighted by atomic mass is 19.3. The van der Waals surface area contributed by atoms with E-state index in [1.165, 1.54) is 0 Å². The van der Waals surface area contributed by atoms with Crippen LogP contribution in [0.3, 0.4) is 0 Å². The fraction of sp³-hybridized carbons (Fsp3) is 0.600. The second-order valence-electron chi connectivity index (χ2n) is 5.86. The van der Waals surface area contributed by atoms with Gasteiger partial charge in [-0.2, -0.15) is 0 Å².